The molecule has 2 nitrogen and oxygen atoms in total. The minimum atomic E-state index is 0.752. The van der Waals surface area contributed by atoms with E-state index in [0.29, 0.717) is 0 Å². The third-order valence-electron chi connectivity index (χ3n) is 9.13. The Balaban J connectivity index is 1.25. The van der Waals surface area contributed by atoms with Crippen LogP contribution in [0.1, 0.15) is 142 Å². The summed E-state index contributed by atoms with van der Waals surface area (Å²) < 4.78 is 0. The van der Waals surface area contributed by atoms with Crippen molar-refractivity contribution in [2.45, 2.75) is 160 Å². The molecule has 2 aliphatic carbocycles. The third kappa shape index (κ3) is 9.00. The molecule has 1 heterocycles. The summed E-state index contributed by atoms with van der Waals surface area (Å²) in [4.78, 5) is 0. The van der Waals surface area contributed by atoms with Gasteiger partial charge in [0, 0.05) is 24.7 Å². The lowest BCUT2D eigenvalue weighted by molar-refractivity contribution is 0.122. The minimum absolute atomic E-state index is 0.752. The number of hydrogen-bond acceptors (Lipinski definition) is 2. The topological polar surface area (TPSA) is 24.1 Å². The molecule has 4 unspecified atom stereocenters. The van der Waals surface area contributed by atoms with Crippen LogP contribution in [-0.4, -0.2) is 24.7 Å². The van der Waals surface area contributed by atoms with Gasteiger partial charge in [0.05, 0.1) is 0 Å². The minimum Gasteiger partial charge on any atom is -0.311 e. The van der Waals surface area contributed by atoms with Crippen LogP contribution in [0.3, 0.4) is 0 Å². The molecule has 3 fully saturated rings. The summed E-state index contributed by atoms with van der Waals surface area (Å²) in [6.07, 6.45) is 29.2. The lowest BCUT2D eigenvalue weighted by Gasteiger charge is -2.47. The van der Waals surface area contributed by atoms with Crippen molar-refractivity contribution in [2.75, 3.05) is 6.54 Å². The van der Waals surface area contributed by atoms with E-state index < -0.39 is 0 Å². The van der Waals surface area contributed by atoms with Crippen molar-refractivity contribution in [3.63, 3.8) is 0 Å². The van der Waals surface area contributed by atoms with Gasteiger partial charge in [0.2, 0.25) is 0 Å². The normalized spacial score (nSPS) is 33.9. The van der Waals surface area contributed by atoms with Crippen molar-refractivity contribution in [3.8, 4) is 0 Å². The molecule has 31 heavy (non-hydrogen) atoms. The highest BCUT2D eigenvalue weighted by Crippen LogP contribution is 2.36. The first kappa shape index (κ1) is 25.5. The van der Waals surface area contributed by atoms with Gasteiger partial charge in [-0.2, -0.15) is 0 Å². The predicted molar refractivity (Wildman–Crippen MR) is 137 cm³/mol. The van der Waals surface area contributed by atoms with E-state index in [9.17, 15) is 0 Å². The predicted octanol–water partition coefficient (Wildman–Crippen LogP) is 8.00. The van der Waals surface area contributed by atoms with Crippen molar-refractivity contribution in [1.29, 1.82) is 0 Å². The summed E-state index contributed by atoms with van der Waals surface area (Å²) in [7, 11) is 0. The molecule has 182 valence electrons. The van der Waals surface area contributed by atoms with Crippen molar-refractivity contribution in [3.05, 3.63) is 0 Å². The molecule has 1 aliphatic heterocycles. The zero-order chi connectivity index (χ0) is 21.7. The van der Waals surface area contributed by atoms with Crippen molar-refractivity contribution >= 4 is 0 Å². The number of rotatable bonds is 14. The number of hydrogen-bond donors (Lipinski definition) is 2. The van der Waals surface area contributed by atoms with Crippen LogP contribution >= 0.6 is 0 Å². The molecule has 0 amide bonds. The van der Waals surface area contributed by atoms with E-state index in [1.165, 1.54) is 135 Å². The van der Waals surface area contributed by atoms with Crippen molar-refractivity contribution in [1.82, 2.24) is 10.6 Å². The van der Waals surface area contributed by atoms with Crippen LogP contribution in [0.4, 0.5) is 0 Å². The first-order valence-corrected chi connectivity index (χ1v) is 14.8. The van der Waals surface area contributed by atoms with Crippen LogP contribution < -0.4 is 10.6 Å². The van der Waals surface area contributed by atoms with Crippen LogP contribution in [0.25, 0.3) is 0 Å². The van der Waals surface area contributed by atoms with E-state index >= 15 is 0 Å². The Labute approximate surface area is 195 Å². The fourth-order valence-corrected chi connectivity index (χ4v) is 6.99. The molecule has 2 saturated carbocycles. The Bertz CT molecular complexity index is 442. The Morgan fingerprint density at radius 2 is 1.13 bits per heavy atom. The Hall–Kier alpha value is -0.0800. The molecule has 1 saturated heterocycles. The second-order valence-corrected chi connectivity index (χ2v) is 11.6. The number of fused-ring (bicyclic) bond motifs is 1. The van der Waals surface area contributed by atoms with Gasteiger partial charge in [-0.3, -0.25) is 0 Å². The molecule has 0 aromatic rings. The summed E-state index contributed by atoms with van der Waals surface area (Å²) in [6.45, 7) is 5.87. The third-order valence-corrected chi connectivity index (χ3v) is 9.13. The fraction of sp³-hybridized carbons (Fsp3) is 1.00. The van der Waals surface area contributed by atoms with Gasteiger partial charge in [0.25, 0.3) is 0 Å². The number of unbranched alkanes of at least 4 members (excludes halogenated alkanes) is 9. The monoisotopic (exact) mass is 432 g/mol. The maximum absolute atomic E-state index is 4.15. The molecule has 2 N–H and O–H groups in total. The molecule has 3 rings (SSSR count). The highest BCUT2D eigenvalue weighted by Gasteiger charge is 2.38. The van der Waals surface area contributed by atoms with E-state index in [2.05, 4.69) is 24.5 Å². The van der Waals surface area contributed by atoms with Gasteiger partial charge in [-0.15, -0.1) is 0 Å². The van der Waals surface area contributed by atoms with Crippen LogP contribution in [-0.2, 0) is 0 Å². The molecule has 0 aromatic heterocycles. The maximum atomic E-state index is 4.15. The molecule has 0 bridgehead atoms. The second-order valence-electron chi connectivity index (χ2n) is 11.6. The summed E-state index contributed by atoms with van der Waals surface area (Å²) in [5.41, 5.74) is 0. The summed E-state index contributed by atoms with van der Waals surface area (Å²) in [6, 6.07) is 2.27. The van der Waals surface area contributed by atoms with Gasteiger partial charge in [0.1, 0.15) is 0 Å². The Morgan fingerprint density at radius 1 is 0.548 bits per heavy atom. The van der Waals surface area contributed by atoms with Gasteiger partial charge in [0.15, 0.2) is 0 Å². The van der Waals surface area contributed by atoms with Gasteiger partial charge in [-0.05, 0) is 49.9 Å². The quantitative estimate of drug-likeness (QED) is 0.272. The molecule has 2 heteroatoms. The smallest absolute Gasteiger partial charge is 0.0224 e. The maximum Gasteiger partial charge on any atom is 0.0224 e. The Morgan fingerprint density at radius 3 is 1.87 bits per heavy atom. The lowest BCUT2D eigenvalue weighted by atomic mass is 9.74. The molecule has 3 aliphatic rings. The summed E-state index contributed by atoms with van der Waals surface area (Å²) in [5, 5.41) is 8.17. The van der Waals surface area contributed by atoms with Gasteiger partial charge < -0.3 is 10.6 Å². The van der Waals surface area contributed by atoms with E-state index in [1.807, 2.05) is 0 Å². The average molecular weight is 433 g/mol. The van der Waals surface area contributed by atoms with E-state index in [0.717, 1.165) is 35.9 Å². The largest absolute Gasteiger partial charge is 0.311 e. The average Bonchev–Trinajstić information content (AvgIpc) is 2.81. The Kier molecular flexibility index (Phi) is 12.3. The fourth-order valence-electron chi connectivity index (χ4n) is 6.99. The second kappa shape index (κ2) is 14.9. The SMILES string of the molecule is CCCCCCCCCCC1CCC2NC(C3CCC(CCCCC)CC3)CNC2C1. The van der Waals surface area contributed by atoms with E-state index in [-0.39, 0.29) is 0 Å². The first-order valence-electron chi connectivity index (χ1n) is 14.8. The first-order chi connectivity index (χ1) is 15.3. The van der Waals surface area contributed by atoms with Gasteiger partial charge in [-0.25, -0.2) is 0 Å². The summed E-state index contributed by atoms with van der Waals surface area (Å²) >= 11 is 0. The van der Waals surface area contributed by atoms with Crippen LogP contribution in [0.15, 0.2) is 0 Å². The highest BCUT2D eigenvalue weighted by atomic mass is 15.1. The molecular weight excluding hydrogens is 376 g/mol. The lowest BCUT2D eigenvalue weighted by Crippen LogP contribution is -2.64. The van der Waals surface area contributed by atoms with Crippen molar-refractivity contribution in [2.24, 2.45) is 17.8 Å². The van der Waals surface area contributed by atoms with Crippen molar-refractivity contribution < 1.29 is 0 Å². The van der Waals surface area contributed by atoms with Gasteiger partial charge in [-0.1, -0.05) is 110 Å². The number of piperazine rings is 1. The molecular formula is C29H56N2. The van der Waals surface area contributed by atoms with E-state index in [4.69, 9.17) is 0 Å². The van der Waals surface area contributed by atoms with Gasteiger partial charge >= 0.3 is 0 Å². The van der Waals surface area contributed by atoms with Crippen LogP contribution in [0, 0.1) is 17.8 Å². The summed E-state index contributed by atoms with van der Waals surface area (Å²) in [5.74, 6) is 2.97. The molecule has 0 radical (unpaired) electrons. The zero-order valence-electron chi connectivity index (χ0n) is 21.3. The highest BCUT2D eigenvalue weighted by molar-refractivity contribution is 4.98. The number of nitrogens with one attached hydrogen (secondary N) is 2. The van der Waals surface area contributed by atoms with Crippen LogP contribution in [0.2, 0.25) is 0 Å². The van der Waals surface area contributed by atoms with Crippen LogP contribution in [0.5, 0.6) is 0 Å². The zero-order valence-corrected chi connectivity index (χ0v) is 21.3. The van der Waals surface area contributed by atoms with E-state index in [1.54, 1.807) is 0 Å². The molecule has 0 spiro atoms. The molecule has 4 atom stereocenters. The standard InChI is InChI=1S/C29H56N2/c1-3-5-7-8-9-10-11-13-15-25-18-21-27-28(22-25)30-23-29(31-27)26-19-16-24(17-20-26)14-12-6-4-2/h24-31H,3-23H2,1-2H3. The molecule has 0 aromatic carbocycles.